The molecule has 0 saturated carbocycles. The molecule has 3 rings (SSSR count). The van der Waals surface area contributed by atoms with E-state index in [0.717, 1.165) is 51.3 Å². The van der Waals surface area contributed by atoms with Gasteiger partial charge in [0.1, 0.15) is 0 Å². The lowest BCUT2D eigenvalue weighted by atomic mass is 9.90. The van der Waals surface area contributed by atoms with Crippen LogP contribution < -0.4 is 10.6 Å². The van der Waals surface area contributed by atoms with Gasteiger partial charge in [-0.1, -0.05) is 19.1 Å². The van der Waals surface area contributed by atoms with Crippen molar-refractivity contribution < 1.29 is 9.53 Å². The normalized spacial score (nSPS) is 26.6. The topological polar surface area (TPSA) is 50.4 Å². The first-order valence-electron chi connectivity index (χ1n) is 8.41. The number of piperidine rings is 1. The van der Waals surface area contributed by atoms with Gasteiger partial charge in [-0.3, -0.25) is 4.79 Å². The maximum absolute atomic E-state index is 12.3. The van der Waals surface area contributed by atoms with Crippen LogP contribution in [0, 0.1) is 11.8 Å². The monoisotopic (exact) mass is 302 g/mol. The Bertz CT molecular complexity index is 494. The van der Waals surface area contributed by atoms with Crippen LogP contribution >= 0.6 is 0 Å². The highest BCUT2D eigenvalue weighted by molar-refractivity contribution is 5.92. The van der Waals surface area contributed by atoms with Gasteiger partial charge >= 0.3 is 0 Å². The van der Waals surface area contributed by atoms with Crippen molar-refractivity contribution in [1.29, 1.82) is 0 Å². The highest BCUT2D eigenvalue weighted by atomic mass is 16.5. The van der Waals surface area contributed by atoms with E-state index >= 15 is 0 Å². The van der Waals surface area contributed by atoms with Gasteiger partial charge < -0.3 is 15.4 Å². The fraction of sp³-hybridized carbons (Fsp3) is 0.611. The molecule has 4 heteroatoms. The third-order valence-corrected chi connectivity index (χ3v) is 4.81. The second-order valence-corrected chi connectivity index (χ2v) is 6.69. The molecule has 1 aromatic rings. The predicted octanol–water partition coefficient (Wildman–Crippen LogP) is 2.76. The van der Waals surface area contributed by atoms with E-state index < -0.39 is 0 Å². The zero-order valence-electron chi connectivity index (χ0n) is 13.3. The van der Waals surface area contributed by atoms with E-state index in [1.54, 1.807) is 0 Å². The first-order chi connectivity index (χ1) is 10.7. The van der Waals surface area contributed by atoms with Crippen LogP contribution in [0.1, 0.15) is 37.7 Å². The zero-order valence-corrected chi connectivity index (χ0v) is 13.3. The van der Waals surface area contributed by atoms with Crippen molar-refractivity contribution in [2.45, 2.75) is 32.1 Å². The summed E-state index contributed by atoms with van der Waals surface area (Å²) in [6, 6.07) is 8.35. The van der Waals surface area contributed by atoms with Crippen molar-refractivity contribution >= 4 is 11.6 Å². The van der Waals surface area contributed by atoms with Gasteiger partial charge in [-0.2, -0.15) is 0 Å². The summed E-state index contributed by atoms with van der Waals surface area (Å²) >= 11 is 0. The van der Waals surface area contributed by atoms with Crippen molar-refractivity contribution in [3.8, 4) is 0 Å². The molecular formula is C18H26N2O2. The number of amides is 1. The van der Waals surface area contributed by atoms with E-state index in [2.05, 4.69) is 29.7 Å². The average molecular weight is 302 g/mol. The van der Waals surface area contributed by atoms with E-state index in [9.17, 15) is 4.79 Å². The van der Waals surface area contributed by atoms with E-state index in [0.29, 0.717) is 11.8 Å². The second-order valence-electron chi connectivity index (χ2n) is 6.69. The first kappa shape index (κ1) is 15.5. The Kier molecular flexibility index (Phi) is 5.11. The number of carbonyl (C=O) groups is 1. The summed E-state index contributed by atoms with van der Waals surface area (Å²) < 4.78 is 5.41. The lowest BCUT2D eigenvalue weighted by Crippen LogP contribution is -2.40. The Balaban J connectivity index is 1.57. The number of hydrogen-bond acceptors (Lipinski definition) is 3. The molecule has 2 N–H and O–H groups in total. The highest BCUT2D eigenvalue weighted by Gasteiger charge is 2.24. The largest absolute Gasteiger partial charge is 0.381 e. The number of ether oxygens (including phenoxy) is 1. The molecular weight excluding hydrogens is 276 g/mol. The molecule has 120 valence electrons. The van der Waals surface area contributed by atoms with E-state index in [1.165, 1.54) is 5.56 Å². The lowest BCUT2D eigenvalue weighted by molar-refractivity contribution is -0.120. The Morgan fingerprint density at radius 1 is 1.18 bits per heavy atom. The Morgan fingerprint density at radius 3 is 2.59 bits per heavy atom. The molecule has 0 aromatic heterocycles. The maximum Gasteiger partial charge on any atom is 0.228 e. The van der Waals surface area contributed by atoms with Crippen LogP contribution in [0.2, 0.25) is 0 Å². The van der Waals surface area contributed by atoms with Gasteiger partial charge in [-0.05, 0) is 55.3 Å². The SMILES string of the molecule is CC1CNCC(C(=O)Nc2ccc(C3CCOCC3)cc2)C1. The molecule has 4 nitrogen and oxygen atoms in total. The molecule has 2 heterocycles. The minimum Gasteiger partial charge on any atom is -0.381 e. The third kappa shape index (κ3) is 3.87. The fourth-order valence-corrected chi connectivity index (χ4v) is 3.47. The van der Waals surface area contributed by atoms with Crippen molar-refractivity contribution in [3.05, 3.63) is 29.8 Å². The smallest absolute Gasteiger partial charge is 0.228 e. The molecule has 2 fully saturated rings. The van der Waals surface area contributed by atoms with Crippen LogP contribution in [0.25, 0.3) is 0 Å². The molecule has 2 atom stereocenters. The quantitative estimate of drug-likeness (QED) is 0.902. The van der Waals surface area contributed by atoms with Gasteiger partial charge in [-0.15, -0.1) is 0 Å². The van der Waals surface area contributed by atoms with Crippen LogP contribution in [-0.4, -0.2) is 32.2 Å². The Hall–Kier alpha value is -1.39. The summed E-state index contributed by atoms with van der Waals surface area (Å²) in [5, 5.41) is 6.39. The molecule has 2 saturated heterocycles. The molecule has 2 aliphatic heterocycles. The van der Waals surface area contributed by atoms with E-state index in [4.69, 9.17) is 4.74 Å². The summed E-state index contributed by atoms with van der Waals surface area (Å²) in [5.74, 6) is 1.39. The number of rotatable bonds is 3. The van der Waals surface area contributed by atoms with Gasteiger partial charge in [-0.25, -0.2) is 0 Å². The molecule has 22 heavy (non-hydrogen) atoms. The third-order valence-electron chi connectivity index (χ3n) is 4.81. The zero-order chi connectivity index (χ0) is 15.4. The minimum absolute atomic E-state index is 0.0823. The summed E-state index contributed by atoms with van der Waals surface area (Å²) in [4.78, 5) is 12.3. The van der Waals surface area contributed by atoms with Gasteiger partial charge in [0.25, 0.3) is 0 Å². The number of carbonyl (C=O) groups excluding carboxylic acids is 1. The van der Waals surface area contributed by atoms with Crippen molar-refractivity contribution in [2.24, 2.45) is 11.8 Å². The van der Waals surface area contributed by atoms with Gasteiger partial charge in [0.2, 0.25) is 5.91 Å². The Morgan fingerprint density at radius 2 is 1.91 bits per heavy atom. The van der Waals surface area contributed by atoms with Crippen LogP contribution in [0.5, 0.6) is 0 Å². The van der Waals surface area contributed by atoms with Gasteiger partial charge in [0, 0.05) is 25.4 Å². The van der Waals surface area contributed by atoms with Crippen LogP contribution in [0.4, 0.5) is 5.69 Å². The second kappa shape index (κ2) is 7.25. The molecule has 1 amide bonds. The number of anilines is 1. The minimum atomic E-state index is 0.0823. The summed E-state index contributed by atoms with van der Waals surface area (Å²) in [5.41, 5.74) is 2.26. The molecule has 0 radical (unpaired) electrons. The molecule has 1 aromatic carbocycles. The molecule has 2 unspecified atom stereocenters. The first-order valence-corrected chi connectivity index (χ1v) is 8.41. The number of benzene rings is 1. The number of nitrogens with one attached hydrogen (secondary N) is 2. The van der Waals surface area contributed by atoms with Gasteiger partial charge in [0.15, 0.2) is 0 Å². The van der Waals surface area contributed by atoms with Crippen LogP contribution in [0.3, 0.4) is 0 Å². The lowest BCUT2D eigenvalue weighted by Gasteiger charge is -2.27. The van der Waals surface area contributed by atoms with Gasteiger partial charge in [0.05, 0.1) is 5.92 Å². The van der Waals surface area contributed by atoms with Crippen molar-refractivity contribution in [2.75, 3.05) is 31.6 Å². The predicted molar refractivity (Wildman–Crippen MR) is 88.0 cm³/mol. The van der Waals surface area contributed by atoms with E-state index in [1.807, 2.05) is 12.1 Å². The summed E-state index contributed by atoms with van der Waals surface area (Å²) in [6.45, 7) is 5.71. The number of hydrogen-bond donors (Lipinski definition) is 2. The Labute approximate surface area is 132 Å². The van der Waals surface area contributed by atoms with Crippen molar-refractivity contribution in [1.82, 2.24) is 5.32 Å². The molecule has 0 spiro atoms. The average Bonchev–Trinajstić information content (AvgIpc) is 2.56. The van der Waals surface area contributed by atoms with Crippen molar-refractivity contribution in [3.63, 3.8) is 0 Å². The van der Waals surface area contributed by atoms with Crippen LogP contribution in [-0.2, 0) is 9.53 Å². The standard InChI is InChI=1S/C18H26N2O2/c1-13-10-16(12-19-11-13)18(21)20-17-4-2-14(3-5-17)15-6-8-22-9-7-15/h2-5,13,15-16,19H,6-12H2,1H3,(H,20,21). The maximum atomic E-state index is 12.3. The summed E-state index contributed by atoms with van der Waals surface area (Å²) in [6.07, 6.45) is 3.16. The van der Waals surface area contributed by atoms with E-state index in [-0.39, 0.29) is 11.8 Å². The molecule has 0 bridgehead atoms. The molecule has 2 aliphatic rings. The highest BCUT2D eigenvalue weighted by Crippen LogP contribution is 2.28. The summed E-state index contributed by atoms with van der Waals surface area (Å²) in [7, 11) is 0. The van der Waals surface area contributed by atoms with Crippen LogP contribution in [0.15, 0.2) is 24.3 Å². The fourth-order valence-electron chi connectivity index (χ4n) is 3.47. The molecule has 0 aliphatic carbocycles.